The molecule has 0 aliphatic carbocycles. The van der Waals surface area contributed by atoms with Crippen LogP contribution in [0.25, 0.3) is 0 Å². The Labute approximate surface area is 115 Å². The van der Waals surface area contributed by atoms with Crippen LogP contribution in [0.3, 0.4) is 0 Å². The standard InChI is InChI=1S/C15H15BrO2/c1-11(17)13-7-3-5-9-15(13)18-10-12-6-2-4-8-14(12)16/h2-9,11,17H,10H2,1H3/t11-/m1/s1. The number of benzene rings is 2. The van der Waals surface area contributed by atoms with E-state index < -0.39 is 6.10 Å². The first kappa shape index (κ1) is 13.1. The zero-order chi connectivity index (χ0) is 13.0. The first-order valence-electron chi connectivity index (χ1n) is 5.81. The molecule has 0 spiro atoms. The van der Waals surface area contributed by atoms with Crippen molar-refractivity contribution in [3.05, 3.63) is 64.1 Å². The van der Waals surface area contributed by atoms with Crippen LogP contribution in [0.1, 0.15) is 24.2 Å². The maximum Gasteiger partial charge on any atom is 0.125 e. The molecule has 0 heterocycles. The lowest BCUT2D eigenvalue weighted by Crippen LogP contribution is -2.01. The molecular weight excluding hydrogens is 292 g/mol. The fraction of sp³-hybridized carbons (Fsp3) is 0.200. The number of hydrogen-bond acceptors (Lipinski definition) is 2. The number of aliphatic hydroxyl groups is 1. The molecule has 2 rings (SSSR count). The molecule has 0 unspecified atom stereocenters. The lowest BCUT2D eigenvalue weighted by atomic mass is 10.1. The zero-order valence-corrected chi connectivity index (χ0v) is 11.7. The van der Waals surface area contributed by atoms with Crippen molar-refractivity contribution in [3.8, 4) is 5.75 Å². The van der Waals surface area contributed by atoms with Gasteiger partial charge in [0.2, 0.25) is 0 Å². The minimum atomic E-state index is -0.527. The van der Waals surface area contributed by atoms with E-state index in [2.05, 4.69) is 15.9 Å². The molecule has 0 radical (unpaired) electrons. The highest BCUT2D eigenvalue weighted by molar-refractivity contribution is 9.10. The SMILES string of the molecule is C[C@@H](O)c1ccccc1OCc1ccccc1Br. The van der Waals surface area contributed by atoms with Crippen LogP contribution in [-0.2, 0) is 6.61 Å². The van der Waals surface area contributed by atoms with E-state index in [1.807, 2.05) is 48.5 Å². The molecule has 1 atom stereocenters. The lowest BCUT2D eigenvalue weighted by Gasteiger charge is -2.13. The van der Waals surface area contributed by atoms with Gasteiger partial charge in [-0.25, -0.2) is 0 Å². The second-order valence-corrected chi connectivity index (χ2v) is 4.95. The van der Waals surface area contributed by atoms with Crippen molar-refractivity contribution in [3.63, 3.8) is 0 Å². The second-order valence-electron chi connectivity index (χ2n) is 4.09. The van der Waals surface area contributed by atoms with Crippen LogP contribution >= 0.6 is 15.9 Å². The quantitative estimate of drug-likeness (QED) is 0.922. The van der Waals surface area contributed by atoms with Crippen molar-refractivity contribution in [2.24, 2.45) is 0 Å². The van der Waals surface area contributed by atoms with Crippen LogP contribution < -0.4 is 4.74 Å². The molecule has 0 fully saturated rings. The van der Waals surface area contributed by atoms with Crippen molar-refractivity contribution in [1.82, 2.24) is 0 Å². The summed E-state index contributed by atoms with van der Waals surface area (Å²) in [4.78, 5) is 0. The molecule has 1 N–H and O–H groups in total. The van der Waals surface area contributed by atoms with Gasteiger partial charge in [-0.1, -0.05) is 52.3 Å². The van der Waals surface area contributed by atoms with Gasteiger partial charge in [-0.2, -0.15) is 0 Å². The molecule has 0 aliphatic heterocycles. The van der Waals surface area contributed by atoms with E-state index in [0.29, 0.717) is 6.61 Å². The van der Waals surface area contributed by atoms with Crippen LogP contribution in [0.5, 0.6) is 5.75 Å². The maximum absolute atomic E-state index is 9.67. The number of ether oxygens (including phenoxy) is 1. The van der Waals surface area contributed by atoms with Gasteiger partial charge >= 0.3 is 0 Å². The maximum atomic E-state index is 9.67. The number of para-hydroxylation sites is 1. The number of halogens is 1. The average molecular weight is 307 g/mol. The summed E-state index contributed by atoms with van der Waals surface area (Å²) in [5.74, 6) is 0.725. The first-order valence-corrected chi connectivity index (χ1v) is 6.61. The van der Waals surface area contributed by atoms with Crippen LogP contribution in [-0.4, -0.2) is 5.11 Å². The van der Waals surface area contributed by atoms with Gasteiger partial charge in [-0.05, 0) is 19.1 Å². The highest BCUT2D eigenvalue weighted by atomic mass is 79.9. The van der Waals surface area contributed by atoms with E-state index >= 15 is 0 Å². The van der Waals surface area contributed by atoms with Crippen molar-refractivity contribution in [1.29, 1.82) is 0 Å². The zero-order valence-electron chi connectivity index (χ0n) is 10.1. The van der Waals surface area contributed by atoms with Gasteiger partial charge in [0.05, 0.1) is 6.10 Å². The smallest absolute Gasteiger partial charge is 0.125 e. The fourth-order valence-corrected chi connectivity index (χ4v) is 2.13. The van der Waals surface area contributed by atoms with Crippen molar-refractivity contribution in [2.45, 2.75) is 19.6 Å². The number of aliphatic hydroxyl groups excluding tert-OH is 1. The van der Waals surface area contributed by atoms with Gasteiger partial charge in [-0.15, -0.1) is 0 Å². The summed E-state index contributed by atoms with van der Waals surface area (Å²) in [6, 6.07) is 15.5. The third-order valence-electron chi connectivity index (χ3n) is 2.71. The molecule has 94 valence electrons. The van der Waals surface area contributed by atoms with E-state index in [4.69, 9.17) is 4.74 Å². The molecule has 0 saturated heterocycles. The predicted octanol–water partition coefficient (Wildman–Crippen LogP) is 4.08. The Morgan fingerprint density at radius 2 is 1.78 bits per heavy atom. The number of hydrogen-bond donors (Lipinski definition) is 1. The summed E-state index contributed by atoms with van der Waals surface area (Å²) in [5, 5.41) is 9.67. The van der Waals surface area contributed by atoms with E-state index in [1.165, 1.54) is 0 Å². The molecule has 0 aromatic heterocycles. The Morgan fingerprint density at radius 3 is 2.50 bits per heavy atom. The van der Waals surface area contributed by atoms with E-state index in [9.17, 15) is 5.11 Å². The first-order chi connectivity index (χ1) is 8.68. The van der Waals surface area contributed by atoms with Gasteiger partial charge in [0.1, 0.15) is 12.4 Å². The second kappa shape index (κ2) is 6.03. The normalized spacial score (nSPS) is 12.2. The molecule has 0 saturated carbocycles. The molecule has 2 aromatic carbocycles. The van der Waals surface area contributed by atoms with E-state index in [0.717, 1.165) is 21.3 Å². The summed E-state index contributed by atoms with van der Waals surface area (Å²) in [6.45, 7) is 2.21. The van der Waals surface area contributed by atoms with Gasteiger partial charge in [-0.3, -0.25) is 0 Å². The molecular formula is C15H15BrO2. The molecule has 0 amide bonds. The van der Waals surface area contributed by atoms with Crippen LogP contribution in [0, 0.1) is 0 Å². The molecule has 3 heteroatoms. The molecule has 2 nitrogen and oxygen atoms in total. The van der Waals surface area contributed by atoms with Crippen LogP contribution in [0.2, 0.25) is 0 Å². The Bertz CT molecular complexity index is 523. The van der Waals surface area contributed by atoms with Gasteiger partial charge < -0.3 is 9.84 Å². The fourth-order valence-electron chi connectivity index (χ4n) is 1.73. The Hall–Kier alpha value is -1.32. The largest absolute Gasteiger partial charge is 0.488 e. The molecule has 0 aliphatic rings. The summed E-state index contributed by atoms with van der Waals surface area (Å²) in [6.07, 6.45) is -0.527. The highest BCUT2D eigenvalue weighted by Crippen LogP contribution is 2.26. The summed E-state index contributed by atoms with van der Waals surface area (Å²) in [7, 11) is 0. The van der Waals surface area contributed by atoms with Gasteiger partial charge in [0.15, 0.2) is 0 Å². The molecule has 18 heavy (non-hydrogen) atoms. The Kier molecular flexibility index (Phi) is 4.39. The minimum absolute atomic E-state index is 0.477. The van der Waals surface area contributed by atoms with Crippen molar-refractivity contribution in [2.75, 3.05) is 0 Å². The monoisotopic (exact) mass is 306 g/mol. The highest BCUT2D eigenvalue weighted by Gasteiger charge is 2.08. The molecule has 0 bridgehead atoms. The summed E-state index contributed by atoms with van der Waals surface area (Å²) in [5.41, 5.74) is 1.89. The van der Waals surface area contributed by atoms with Gasteiger partial charge in [0, 0.05) is 15.6 Å². The van der Waals surface area contributed by atoms with Gasteiger partial charge in [0.25, 0.3) is 0 Å². The number of rotatable bonds is 4. The van der Waals surface area contributed by atoms with E-state index in [1.54, 1.807) is 6.92 Å². The third-order valence-corrected chi connectivity index (χ3v) is 3.48. The molecule has 2 aromatic rings. The topological polar surface area (TPSA) is 29.5 Å². The summed E-state index contributed by atoms with van der Waals surface area (Å²) >= 11 is 3.49. The Morgan fingerprint density at radius 1 is 1.11 bits per heavy atom. The van der Waals surface area contributed by atoms with Crippen LogP contribution in [0.4, 0.5) is 0 Å². The average Bonchev–Trinajstić information content (AvgIpc) is 2.38. The Balaban J connectivity index is 2.14. The van der Waals surface area contributed by atoms with Crippen molar-refractivity contribution < 1.29 is 9.84 Å². The van der Waals surface area contributed by atoms with Crippen molar-refractivity contribution >= 4 is 15.9 Å². The van der Waals surface area contributed by atoms with Crippen LogP contribution in [0.15, 0.2) is 53.0 Å². The third kappa shape index (κ3) is 3.12. The predicted molar refractivity (Wildman–Crippen MR) is 75.5 cm³/mol. The minimum Gasteiger partial charge on any atom is -0.488 e. The van der Waals surface area contributed by atoms with E-state index in [-0.39, 0.29) is 0 Å². The summed E-state index contributed by atoms with van der Waals surface area (Å²) < 4.78 is 6.80. The lowest BCUT2D eigenvalue weighted by molar-refractivity contribution is 0.190.